The fourth-order valence-electron chi connectivity index (χ4n) is 3.48. The number of benzene rings is 1. The lowest BCUT2D eigenvalue weighted by Gasteiger charge is -2.17. The van der Waals surface area contributed by atoms with E-state index in [1.54, 1.807) is 10.7 Å². The van der Waals surface area contributed by atoms with Gasteiger partial charge in [-0.3, -0.25) is 9.13 Å². The molecule has 4 N–H and O–H groups in total. The van der Waals surface area contributed by atoms with Gasteiger partial charge in [0.2, 0.25) is 0 Å². The molecule has 1 aliphatic heterocycles. The molecule has 0 amide bonds. The highest BCUT2D eigenvalue weighted by atomic mass is 31.2. The largest absolute Gasteiger partial charge is 0.366 e. The van der Waals surface area contributed by atoms with Crippen molar-refractivity contribution >= 4 is 26.7 Å². The van der Waals surface area contributed by atoms with E-state index in [4.69, 9.17) is 19.0 Å². The molecule has 3 aromatic rings. The van der Waals surface area contributed by atoms with E-state index in [0.29, 0.717) is 36.5 Å². The molecule has 0 aliphatic carbocycles. The Morgan fingerprint density at radius 2 is 1.94 bits per heavy atom. The summed E-state index contributed by atoms with van der Waals surface area (Å²) >= 11 is 0. The van der Waals surface area contributed by atoms with Crippen LogP contribution in [0.1, 0.15) is 30.2 Å². The van der Waals surface area contributed by atoms with Crippen molar-refractivity contribution in [3.8, 4) is 0 Å². The van der Waals surface area contributed by atoms with Gasteiger partial charge >= 0.3 is 15.2 Å². The maximum Gasteiger partial charge on any atom is 0.340 e. The van der Waals surface area contributed by atoms with E-state index in [9.17, 15) is 14.0 Å². The molecule has 1 fully saturated rings. The number of ether oxygens (including phenoxy) is 1. The summed E-state index contributed by atoms with van der Waals surface area (Å²) in [7, 11) is -9.08. The molecule has 3 atom stereocenters. The van der Waals surface area contributed by atoms with Gasteiger partial charge in [-0.05, 0) is 18.4 Å². The van der Waals surface area contributed by atoms with Crippen molar-refractivity contribution in [2.45, 2.75) is 31.6 Å². The van der Waals surface area contributed by atoms with Crippen LogP contribution in [0.5, 0.6) is 0 Å². The summed E-state index contributed by atoms with van der Waals surface area (Å²) in [6, 6.07) is 9.87. The zero-order chi connectivity index (χ0) is 22.8. The highest BCUT2D eigenvalue weighted by Gasteiger charge is 2.35. The van der Waals surface area contributed by atoms with Crippen LogP contribution in [0.15, 0.2) is 42.9 Å². The van der Waals surface area contributed by atoms with Crippen LogP contribution in [0.4, 0.5) is 5.82 Å². The molecule has 0 saturated carbocycles. The predicted octanol–water partition coefficient (Wildman–Crippen LogP) is 2.29. The van der Waals surface area contributed by atoms with Crippen LogP contribution in [0.2, 0.25) is 0 Å². The molecular weight excluding hydrogens is 460 g/mol. The van der Waals surface area contributed by atoms with E-state index < -0.39 is 27.2 Å². The quantitative estimate of drug-likeness (QED) is 0.330. The molecule has 0 bridgehead atoms. The highest BCUT2D eigenvalue weighted by molar-refractivity contribution is 7.70. The van der Waals surface area contributed by atoms with Crippen LogP contribution in [0.3, 0.4) is 0 Å². The van der Waals surface area contributed by atoms with Gasteiger partial charge in [-0.2, -0.15) is 5.10 Å². The second kappa shape index (κ2) is 9.36. The van der Waals surface area contributed by atoms with Crippen molar-refractivity contribution in [1.82, 2.24) is 19.6 Å². The summed E-state index contributed by atoms with van der Waals surface area (Å²) in [6.07, 6.45) is 3.35. The lowest BCUT2D eigenvalue weighted by molar-refractivity contribution is 0.0124. The van der Waals surface area contributed by atoms with Crippen LogP contribution >= 0.6 is 15.2 Å². The molecule has 1 saturated heterocycles. The summed E-state index contributed by atoms with van der Waals surface area (Å²) in [4.78, 5) is 36.1. The Kier molecular flexibility index (Phi) is 6.73. The molecule has 1 aromatic carbocycles. The first-order chi connectivity index (χ1) is 15.2. The number of nitrogens with one attached hydrogen (secondary N) is 1. The zero-order valence-corrected chi connectivity index (χ0v) is 18.7. The number of anilines is 1. The van der Waals surface area contributed by atoms with Gasteiger partial charge in [-0.25, -0.2) is 14.5 Å². The first-order valence-corrected chi connectivity index (χ1v) is 13.4. The Balaban J connectivity index is 1.40. The Morgan fingerprint density at radius 3 is 2.69 bits per heavy atom. The average Bonchev–Trinajstić information content (AvgIpc) is 3.37. The molecule has 1 aliphatic rings. The molecule has 12 nitrogen and oxygen atoms in total. The van der Waals surface area contributed by atoms with Gasteiger partial charge in [0, 0.05) is 6.54 Å². The monoisotopic (exact) mass is 483 g/mol. The Hall–Kier alpha value is -2.17. The molecule has 2 aromatic heterocycles. The van der Waals surface area contributed by atoms with Crippen LogP contribution in [0.25, 0.3) is 5.65 Å². The molecule has 0 radical (unpaired) electrons. The Bertz CT molecular complexity index is 1170. The zero-order valence-electron chi connectivity index (χ0n) is 16.9. The lowest BCUT2D eigenvalue weighted by Crippen LogP contribution is -2.15. The van der Waals surface area contributed by atoms with Crippen LogP contribution in [-0.2, 0) is 24.9 Å². The van der Waals surface area contributed by atoms with Crippen molar-refractivity contribution < 1.29 is 33.1 Å². The van der Waals surface area contributed by atoms with E-state index in [0.717, 1.165) is 5.56 Å². The van der Waals surface area contributed by atoms with Gasteiger partial charge in [0.15, 0.2) is 17.4 Å². The maximum absolute atomic E-state index is 11.8. The summed E-state index contributed by atoms with van der Waals surface area (Å²) in [6.45, 7) is 0.324. The fourth-order valence-corrected chi connectivity index (χ4v) is 6.07. The highest BCUT2D eigenvalue weighted by Crippen LogP contribution is 2.55. The van der Waals surface area contributed by atoms with E-state index in [2.05, 4.69) is 20.4 Å². The van der Waals surface area contributed by atoms with Gasteiger partial charge in [-0.1, -0.05) is 30.3 Å². The molecular formula is C18H23N5O7P2. The molecule has 172 valence electrons. The van der Waals surface area contributed by atoms with Gasteiger partial charge in [0.1, 0.15) is 12.4 Å². The van der Waals surface area contributed by atoms with Gasteiger partial charge in [-0.15, -0.1) is 0 Å². The van der Waals surface area contributed by atoms with Crippen molar-refractivity contribution in [2.75, 3.05) is 17.8 Å². The molecule has 4 rings (SSSR count). The third kappa shape index (κ3) is 5.79. The number of nitrogens with zero attached hydrogens (tertiary/aromatic N) is 4. The van der Waals surface area contributed by atoms with Gasteiger partial charge in [0.25, 0.3) is 0 Å². The smallest absolute Gasteiger partial charge is 0.340 e. The minimum atomic E-state index is -4.67. The number of hydrogen-bond acceptors (Lipinski definition) is 8. The van der Waals surface area contributed by atoms with Crippen molar-refractivity contribution in [3.05, 3.63) is 54.1 Å². The van der Waals surface area contributed by atoms with Crippen LogP contribution < -0.4 is 5.32 Å². The van der Waals surface area contributed by atoms with Gasteiger partial charge in [0.05, 0.1) is 24.6 Å². The van der Waals surface area contributed by atoms with Gasteiger partial charge < -0.3 is 29.3 Å². The molecule has 1 unspecified atom stereocenters. The maximum atomic E-state index is 11.8. The summed E-state index contributed by atoms with van der Waals surface area (Å²) in [5.74, 6) is -0.648. The summed E-state index contributed by atoms with van der Waals surface area (Å²) < 4.78 is 35.2. The topological polar surface area (TPSA) is 168 Å². The third-order valence-electron chi connectivity index (χ3n) is 4.90. The average molecular weight is 483 g/mol. The molecule has 0 spiro atoms. The predicted molar refractivity (Wildman–Crippen MR) is 114 cm³/mol. The van der Waals surface area contributed by atoms with Crippen LogP contribution in [0, 0.1) is 0 Å². The minimum absolute atomic E-state index is 0.250. The summed E-state index contributed by atoms with van der Waals surface area (Å²) in [5, 5.41) is 7.53. The molecule has 3 heterocycles. The first kappa shape index (κ1) is 23.0. The normalized spacial score (nSPS) is 21.0. The van der Waals surface area contributed by atoms with E-state index in [1.807, 2.05) is 30.3 Å². The number of hydrogen-bond donors (Lipinski definition) is 4. The standard InChI is InChI=1S/C18H23N5O7P2/c24-31(25,26)12-32(27,28)29-10-14-6-7-16(30-14)15-9-20-18-17(21-11-22-23(15)18)19-8-13-4-2-1-3-5-13/h1-5,9,11,14,16H,6-8,10,12H2,(H,27,28)(H,19,21,22)(H2,24,25,26)/t14-,16+/m0/s1. The first-order valence-electron chi connectivity index (χ1n) is 9.83. The second-order valence-corrected chi connectivity index (χ2v) is 11.4. The van der Waals surface area contributed by atoms with E-state index in [1.165, 1.54) is 6.33 Å². The van der Waals surface area contributed by atoms with Crippen LogP contribution in [-0.4, -0.2) is 52.9 Å². The SMILES string of the molecule is O=P(O)(O)CP(=O)(O)OC[C@@H]1CC[C@H](c2cnc3c(NCc4ccccc4)ncnn23)O1. The number of fused-ring (bicyclic) bond motifs is 1. The molecule has 14 heteroatoms. The summed E-state index contributed by atoms with van der Waals surface area (Å²) in [5.41, 5.74) is 2.34. The van der Waals surface area contributed by atoms with E-state index in [-0.39, 0.29) is 12.7 Å². The van der Waals surface area contributed by atoms with Crippen molar-refractivity contribution in [1.29, 1.82) is 0 Å². The van der Waals surface area contributed by atoms with E-state index >= 15 is 0 Å². The Labute approximate surface area is 183 Å². The van der Waals surface area contributed by atoms with Crippen molar-refractivity contribution in [3.63, 3.8) is 0 Å². The third-order valence-corrected chi connectivity index (χ3v) is 8.35. The Morgan fingerprint density at radius 1 is 1.16 bits per heavy atom. The number of imidazole rings is 1. The molecule has 32 heavy (non-hydrogen) atoms. The number of aromatic nitrogens is 4. The second-order valence-electron chi connectivity index (χ2n) is 7.43. The van der Waals surface area contributed by atoms with Crippen molar-refractivity contribution in [2.24, 2.45) is 0 Å². The lowest BCUT2D eigenvalue weighted by atomic mass is 10.1. The fraction of sp³-hybridized carbons (Fsp3) is 0.389. The number of rotatable bonds is 9. The minimum Gasteiger partial charge on any atom is -0.366 e.